The fraction of sp³-hybridized carbons (Fsp3) is 0.278. The molecule has 0 radical (unpaired) electrons. The van der Waals surface area contributed by atoms with Crippen molar-refractivity contribution in [2.75, 3.05) is 7.11 Å². The van der Waals surface area contributed by atoms with Crippen LogP contribution in [0.4, 0.5) is 0 Å². The van der Waals surface area contributed by atoms with Crippen LogP contribution in [0, 0.1) is 0 Å². The highest BCUT2D eigenvalue weighted by atomic mass is 16.5. The Morgan fingerprint density at radius 3 is 2.48 bits per heavy atom. The lowest BCUT2D eigenvalue weighted by atomic mass is 9.98. The first-order valence-electron chi connectivity index (χ1n) is 7.22. The Labute approximate surface area is 125 Å². The molecule has 0 atom stereocenters. The molecule has 1 heterocycles. The summed E-state index contributed by atoms with van der Waals surface area (Å²) in [5, 5.41) is 0. The smallest absolute Gasteiger partial charge is 0.144 e. The molecule has 2 aromatic carbocycles. The predicted octanol–water partition coefficient (Wildman–Crippen LogP) is 4.37. The Bertz CT molecular complexity index is 787. The predicted molar refractivity (Wildman–Crippen MR) is 86.8 cm³/mol. The molecule has 0 spiro atoms. The van der Waals surface area contributed by atoms with Crippen LogP contribution in [0.3, 0.4) is 0 Å². The number of fused-ring (bicyclic) bond motifs is 1. The average Bonchev–Trinajstić information content (AvgIpc) is 2.83. The number of methoxy groups -OCH3 is 1. The molecule has 0 amide bonds. The Balaban J connectivity index is 2.28. The van der Waals surface area contributed by atoms with Gasteiger partial charge in [0, 0.05) is 7.05 Å². The number of benzene rings is 2. The van der Waals surface area contributed by atoms with Crippen molar-refractivity contribution in [2.45, 2.75) is 19.8 Å². The second-order valence-electron chi connectivity index (χ2n) is 5.57. The molecule has 3 rings (SSSR count). The van der Waals surface area contributed by atoms with Crippen LogP contribution in [0.15, 0.2) is 42.5 Å². The number of hydrogen-bond acceptors (Lipinski definition) is 2. The molecular formula is C18H20N2O. The minimum absolute atomic E-state index is 0.412. The second-order valence-corrected chi connectivity index (χ2v) is 5.57. The summed E-state index contributed by atoms with van der Waals surface area (Å²) in [6.45, 7) is 4.35. The van der Waals surface area contributed by atoms with Crippen molar-refractivity contribution in [1.82, 2.24) is 9.55 Å². The molecule has 0 fully saturated rings. The van der Waals surface area contributed by atoms with E-state index < -0.39 is 0 Å². The quantitative estimate of drug-likeness (QED) is 0.712. The van der Waals surface area contributed by atoms with Gasteiger partial charge in [-0.25, -0.2) is 4.98 Å². The summed E-state index contributed by atoms with van der Waals surface area (Å²) in [5.41, 5.74) is 4.39. The van der Waals surface area contributed by atoms with Gasteiger partial charge >= 0.3 is 0 Å². The molecular weight excluding hydrogens is 260 g/mol. The van der Waals surface area contributed by atoms with Crippen molar-refractivity contribution in [2.24, 2.45) is 7.05 Å². The maximum Gasteiger partial charge on any atom is 0.144 e. The molecule has 0 saturated carbocycles. The molecule has 21 heavy (non-hydrogen) atoms. The van der Waals surface area contributed by atoms with E-state index in [0.29, 0.717) is 5.92 Å². The highest BCUT2D eigenvalue weighted by Crippen LogP contribution is 2.36. The summed E-state index contributed by atoms with van der Waals surface area (Å²) in [4.78, 5) is 4.77. The van der Waals surface area contributed by atoms with Gasteiger partial charge < -0.3 is 9.30 Å². The van der Waals surface area contributed by atoms with Crippen LogP contribution < -0.4 is 4.74 Å². The van der Waals surface area contributed by atoms with E-state index in [0.717, 1.165) is 28.2 Å². The van der Waals surface area contributed by atoms with Gasteiger partial charge in [-0.05, 0) is 29.7 Å². The fourth-order valence-electron chi connectivity index (χ4n) is 2.80. The number of nitrogens with zero attached hydrogens (tertiary/aromatic N) is 2. The van der Waals surface area contributed by atoms with Gasteiger partial charge in [-0.3, -0.25) is 0 Å². The van der Waals surface area contributed by atoms with Crippen LogP contribution >= 0.6 is 0 Å². The number of aryl methyl sites for hydroxylation is 1. The molecule has 3 nitrogen and oxygen atoms in total. The number of para-hydroxylation sites is 3. The van der Waals surface area contributed by atoms with Crippen LogP contribution in [-0.4, -0.2) is 16.7 Å². The highest BCUT2D eigenvalue weighted by molar-refractivity contribution is 5.82. The molecule has 0 aliphatic carbocycles. The van der Waals surface area contributed by atoms with Crippen molar-refractivity contribution in [3.8, 4) is 17.1 Å². The average molecular weight is 280 g/mol. The fourth-order valence-corrected chi connectivity index (χ4v) is 2.80. The van der Waals surface area contributed by atoms with E-state index in [4.69, 9.17) is 9.72 Å². The van der Waals surface area contributed by atoms with Gasteiger partial charge in [-0.2, -0.15) is 0 Å². The van der Waals surface area contributed by atoms with Crippen molar-refractivity contribution in [1.29, 1.82) is 0 Å². The van der Waals surface area contributed by atoms with Crippen LogP contribution in [0.2, 0.25) is 0 Å². The minimum atomic E-state index is 0.412. The monoisotopic (exact) mass is 280 g/mol. The van der Waals surface area contributed by atoms with E-state index in [1.54, 1.807) is 7.11 Å². The standard InChI is InChI=1S/C18H20N2O/c1-12(2)13-8-7-9-14(17(13)21-4)18-19-15-10-5-6-11-16(15)20(18)3/h5-12H,1-4H3. The van der Waals surface area contributed by atoms with Gasteiger partial charge in [0.05, 0.1) is 23.7 Å². The Morgan fingerprint density at radius 1 is 1.05 bits per heavy atom. The molecule has 0 aliphatic heterocycles. The summed E-state index contributed by atoms with van der Waals surface area (Å²) >= 11 is 0. The SMILES string of the molecule is COc1c(-c2nc3ccccc3n2C)cccc1C(C)C. The van der Waals surface area contributed by atoms with Crippen molar-refractivity contribution < 1.29 is 4.74 Å². The zero-order valence-electron chi connectivity index (χ0n) is 12.9. The van der Waals surface area contributed by atoms with Crippen molar-refractivity contribution in [3.05, 3.63) is 48.0 Å². The summed E-state index contributed by atoms with van der Waals surface area (Å²) < 4.78 is 7.81. The molecule has 3 heteroatoms. The Morgan fingerprint density at radius 2 is 1.81 bits per heavy atom. The van der Waals surface area contributed by atoms with E-state index in [9.17, 15) is 0 Å². The third-order valence-corrected chi connectivity index (χ3v) is 3.90. The third kappa shape index (κ3) is 2.19. The van der Waals surface area contributed by atoms with E-state index >= 15 is 0 Å². The molecule has 108 valence electrons. The largest absolute Gasteiger partial charge is 0.496 e. The lowest BCUT2D eigenvalue weighted by molar-refractivity contribution is 0.409. The zero-order chi connectivity index (χ0) is 15.0. The molecule has 0 saturated heterocycles. The van der Waals surface area contributed by atoms with Crippen molar-refractivity contribution >= 4 is 11.0 Å². The zero-order valence-corrected chi connectivity index (χ0v) is 12.9. The van der Waals surface area contributed by atoms with E-state index in [-0.39, 0.29) is 0 Å². The lowest BCUT2D eigenvalue weighted by Gasteiger charge is -2.15. The first kappa shape index (κ1) is 13.7. The molecule has 0 aliphatic rings. The number of aromatic nitrogens is 2. The highest BCUT2D eigenvalue weighted by Gasteiger charge is 2.17. The van der Waals surface area contributed by atoms with Gasteiger partial charge in [0.1, 0.15) is 11.6 Å². The Kier molecular flexibility index (Phi) is 3.42. The second kappa shape index (κ2) is 5.24. The summed E-state index contributed by atoms with van der Waals surface area (Å²) in [5.74, 6) is 2.27. The van der Waals surface area contributed by atoms with Gasteiger partial charge in [-0.1, -0.05) is 38.1 Å². The van der Waals surface area contributed by atoms with E-state index in [2.05, 4.69) is 42.7 Å². The van der Waals surface area contributed by atoms with Crippen molar-refractivity contribution in [3.63, 3.8) is 0 Å². The molecule has 3 aromatic rings. The van der Waals surface area contributed by atoms with Gasteiger partial charge in [0.25, 0.3) is 0 Å². The number of imidazole rings is 1. The summed E-state index contributed by atoms with van der Waals surface area (Å²) in [6, 6.07) is 14.5. The van der Waals surface area contributed by atoms with Crippen LogP contribution in [0.25, 0.3) is 22.4 Å². The number of hydrogen-bond donors (Lipinski definition) is 0. The van der Waals surface area contributed by atoms with Gasteiger partial charge in [0.15, 0.2) is 0 Å². The third-order valence-electron chi connectivity index (χ3n) is 3.90. The maximum atomic E-state index is 5.69. The number of rotatable bonds is 3. The maximum absolute atomic E-state index is 5.69. The van der Waals surface area contributed by atoms with Crippen LogP contribution in [0.1, 0.15) is 25.3 Å². The van der Waals surface area contributed by atoms with E-state index in [1.165, 1.54) is 5.56 Å². The molecule has 1 aromatic heterocycles. The van der Waals surface area contributed by atoms with Crippen LogP contribution in [-0.2, 0) is 7.05 Å². The molecule has 0 N–H and O–H groups in total. The molecule has 0 bridgehead atoms. The first-order valence-corrected chi connectivity index (χ1v) is 7.22. The van der Waals surface area contributed by atoms with Gasteiger partial charge in [-0.15, -0.1) is 0 Å². The van der Waals surface area contributed by atoms with Crippen LogP contribution in [0.5, 0.6) is 5.75 Å². The normalized spacial score (nSPS) is 11.3. The van der Waals surface area contributed by atoms with E-state index in [1.807, 2.05) is 25.2 Å². The van der Waals surface area contributed by atoms with Gasteiger partial charge in [0.2, 0.25) is 0 Å². The minimum Gasteiger partial charge on any atom is -0.496 e. The Hall–Kier alpha value is -2.29. The topological polar surface area (TPSA) is 27.1 Å². The summed E-state index contributed by atoms with van der Waals surface area (Å²) in [6.07, 6.45) is 0. The first-order chi connectivity index (χ1) is 10.1. The summed E-state index contributed by atoms with van der Waals surface area (Å²) in [7, 11) is 3.78. The number of ether oxygens (including phenoxy) is 1. The lowest BCUT2D eigenvalue weighted by Crippen LogP contribution is -2.00. The molecule has 0 unspecified atom stereocenters.